The number of para-hydroxylation sites is 2. The van der Waals surface area contributed by atoms with Crippen molar-refractivity contribution in [3.05, 3.63) is 42.9 Å². The summed E-state index contributed by atoms with van der Waals surface area (Å²) in [5, 5.41) is 0. The first kappa shape index (κ1) is 11.1. The molecule has 0 unspecified atom stereocenters. The Hall–Kier alpha value is -2.03. The molecule has 18 heavy (non-hydrogen) atoms. The Morgan fingerprint density at radius 2 is 2.06 bits per heavy atom. The first-order chi connectivity index (χ1) is 8.75. The minimum absolute atomic E-state index is 0.577. The van der Waals surface area contributed by atoms with Crippen LogP contribution >= 0.6 is 0 Å². The lowest BCUT2D eigenvalue weighted by Gasteiger charge is -2.10. The van der Waals surface area contributed by atoms with Crippen LogP contribution < -0.4 is 0 Å². The summed E-state index contributed by atoms with van der Waals surface area (Å²) in [5.41, 5.74) is 3.25. The van der Waals surface area contributed by atoms with Crippen LogP contribution in [0.2, 0.25) is 0 Å². The van der Waals surface area contributed by atoms with Gasteiger partial charge in [0.25, 0.3) is 0 Å². The summed E-state index contributed by atoms with van der Waals surface area (Å²) in [6.45, 7) is 5.39. The molecule has 0 radical (unpaired) electrons. The number of fused-ring (bicyclic) bond motifs is 1. The van der Waals surface area contributed by atoms with E-state index in [1.54, 1.807) is 12.5 Å². The molecule has 0 N–H and O–H groups in total. The Bertz CT molecular complexity index is 650. The van der Waals surface area contributed by atoms with E-state index in [0.717, 1.165) is 23.4 Å². The van der Waals surface area contributed by atoms with Crippen LogP contribution in [0, 0.1) is 5.92 Å². The summed E-state index contributed by atoms with van der Waals surface area (Å²) in [4.78, 5) is 4.71. The highest BCUT2D eigenvalue weighted by molar-refractivity contribution is 5.80. The lowest BCUT2D eigenvalue weighted by Crippen LogP contribution is -2.05. The maximum Gasteiger partial charge on any atom is 0.144 e. The zero-order valence-corrected chi connectivity index (χ0v) is 10.6. The third kappa shape index (κ3) is 1.82. The summed E-state index contributed by atoms with van der Waals surface area (Å²) in [5.74, 6) is 1.56. The summed E-state index contributed by atoms with van der Waals surface area (Å²) in [6.07, 6.45) is 3.44. The Labute approximate surface area is 106 Å². The fraction of sp³-hybridized carbons (Fsp3) is 0.267. The molecule has 0 saturated carbocycles. The molecule has 0 aliphatic heterocycles. The molecule has 0 saturated heterocycles. The van der Waals surface area contributed by atoms with Crippen LogP contribution in [0.3, 0.4) is 0 Å². The van der Waals surface area contributed by atoms with Crippen molar-refractivity contribution in [3.8, 4) is 11.4 Å². The quantitative estimate of drug-likeness (QED) is 0.694. The van der Waals surface area contributed by atoms with Gasteiger partial charge in [-0.25, -0.2) is 4.98 Å². The van der Waals surface area contributed by atoms with Gasteiger partial charge in [-0.2, -0.15) is 0 Å². The van der Waals surface area contributed by atoms with Crippen molar-refractivity contribution in [1.29, 1.82) is 0 Å². The number of nitrogens with zero attached hydrogens (tertiary/aromatic N) is 2. The van der Waals surface area contributed by atoms with Gasteiger partial charge in [0.05, 0.1) is 22.9 Å². The summed E-state index contributed by atoms with van der Waals surface area (Å²) in [7, 11) is 0. The summed E-state index contributed by atoms with van der Waals surface area (Å²) in [6, 6.07) is 10.2. The van der Waals surface area contributed by atoms with E-state index in [4.69, 9.17) is 9.40 Å². The van der Waals surface area contributed by atoms with E-state index < -0.39 is 0 Å². The van der Waals surface area contributed by atoms with Crippen LogP contribution in [-0.4, -0.2) is 9.55 Å². The van der Waals surface area contributed by atoms with E-state index in [0.29, 0.717) is 5.92 Å². The van der Waals surface area contributed by atoms with Gasteiger partial charge >= 0.3 is 0 Å². The van der Waals surface area contributed by atoms with Crippen molar-refractivity contribution in [2.24, 2.45) is 5.92 Å². The fourth-order valence-electron chi connectivity index (χ4n) is 2.24. The van der Waals surface area contributed by atoms with Gasteiger partial charge in [0.1, 0.15) is 12.1 Å². The molecule has 3 rings (SSSR count). The van der Waals surface area contributed by atoms with E-state index in [1.165, 1.54) is 5.52 Å². The summed E-state index contributed by atoms with van der Waals surface area (Å²) >= 11 is 0. The van der Waals surface area contributed by atoms with Gasteiger partial charge < -0.3 is 8.98 Å². The maximum absolute atomic E-state index is 5.17. The molecule has 3 aromatic rings. The Morgan fingerprint density at radius 1 is 1.22 bits per heavy atom. The minimum atomic E-state index is 0.577. The molecule has 0 bridgehead atoms. The average Bonchev–Trinajstić information content (AvgIpc) is 2.96. The van der Waals surface area contributed by atoms with E-state index >= 15 is 0 Å². The van der Waals surface area contributed by atoms with Crippen molar-refractivity contribution in [3.63, 3.8) is 0 Å². The van der Waals surface area contributed by atoms with Crippen LogP contribution in [0.15, 0.2) is 47.3 Å². The number of benzene rings is 1. The Kier molecular flexibility index (Phi) is 2.67. The number of rotatable bonds is 3. The maximum atomic E-state index is 5.17. The number of hydrogen-bond donors (Lipinski definition) is 0. The number of imidazole rings is 1. The zero-order chi connectivity index (χ0) is 12.5. The molecule has 3 heteroatoms. The molecule has 92 valence electrons. The fourth-order valence-corrected chi connectivity index (χ4v) is 2.24. The van der Waals surface area contributed by atoms with Crippen LogP contribution in [0.1, 0.15) is 13.8 Å². The van der Waals surface area contributed by atoms with Gasteiger partial charge in [-0.3, -0.25) is 0 Å². The van der Waals surface area contributed by atoms with Crippen molar-refractivity contribution in [1.82, 2.24) is 9.55 Å². The highest BCUT2D eigenvalue weighted by Gasteiger charge is 2.13. The minimum Gasteiger partial charge on any atom is -0.472 e. The number of hydrogen-bond acceptors (Lipinski definition) is 2. The number of aromatic nitrogens is 2. The Morgan fingerprint density at radius 3 is 2.78 bits per heavy atom. The second-order valence-electron chi connectivity index (χ2n) is 4.94. The normalized spacial score (nSPS) is 11.5. The predicted molar refractivity (Wildman–Crippen MR) is 72.3 cm³/mol. The van der Waals surface area contributed by atoms with Gasteiger partial charge in [0, 0.05) is 6.54 Å². The molecule has 0 atom stereocenters. The average molecular weight is 240 g/mol. The molecule has 2 heterocycles. The molecule has 0 fully saturated rings. The first-order valence-corrected chi connectivity index (χ1v) is 6.23. The van der Waals surface area contributed by atoms with Gasteiger partial charge in [-0.05, 0) is 24.1 Å². The van der Waals surface area contributed by atoms with Crippen LogP contribution in [0.25, 0.3) is 22.4 Å². The van der Waals surface area contributed by atoms with E-state index in [2.05, 4.69) is 36.6 Å². The monoisotopic (exact) mass is 240 g/mol. The molecule has 3 nitrogen and oxygen atoms in total. The molecular formula is C15H16N2O. The smallest absolute Gasteiger partial charge is 0.144 e. The predicted octanol–water partition coefficient (Wildman–Crippen LogP) is 3.95. The number of furan rings is 1. The highest BCUT2D eigenvalue weighted by atomic mass is 16.3. The second-order valence-corrected chi connectivity index (χ2v) is 4.94. The second kappa shape index (κ2) is 4.33. The molecule has 1 aromatic carbocycles. The summed E-state index contributed by atoms with van der Waals surface area (Å²) < 4.78 is 7.44. The standard InChI is InChI=1S/C15H16N2O/c1-11(2)9-17-14-6-4-3-5-13(14)16-15(17)12-7-8-18-10-12/h3-8,10-11H,9H2,1-2H3. The third-order valence-electron chi connectivity index (χ3n) is 2.98. The van der Waals surface area contributed by atoms with E-state index in [9.17, 15) is 0 Å². The van der Waals surface area contributed by atoms with Crippen molar-refractivity contribution < 1.29 is 4.42 Å². The topological polar surface area (TPSA) is 31.0 Å². The van der Waals surface area contributed by atoms with Gasteiger partial charge in [-0.1, -0.05) is 26.0 Å². The van der Waals surface area contributed by atoms with Crippen LogP contribution in [0.4, 0.5) is 0 Å². The molecule has 0 aliphatic carbocycles. The van der Waals surface area contributed by atoms with E-state index in [-0.39, 0.29) is 0 Å². The van der Waals surface area contributed by atoms with Gasteiger partial charge in [0.2, 0.25) is 0 Å². The van der Waals surface area contributed by atoms with Gasteiger partial charge in [-0.15, -0.1) is 0 Å². The van der Waals surface area contributed by atoms with Crippen LogP contribution in [0.5, 0.6) is 0 Å². The van der Waals surface area contributed by atoms with Crippen molar-refractivity contribution in [2.45, 2.75) is 20.4 Å². The lowest BCUT2D eigenvalue weighted by molar-refractivity contribution is 0.535. The van der Waals surface area contributed by atoms with Crippen molar-refractivity contribution >= 4 is 11.0 Å². The largest absolute Gasteiger partial charge is 0.472 e. The molecule has 0 aliphatic rings. The zero-order valence-electron chi connectivity index (χ0n) is 10.6. The molecule has 0 amide bonds. The van der Waals surface area contributed by atoms with Gasteiger partial charge in [0.15, 0.2) is 0 Å². The lowest BCUT2D eigenvalue weighted by atomic mass is 10.2. The first-order valence-electron chi connectivity index (χ1n) is 6.23. The highest BCUT2D eigenvalue weighted by Crippen LogP contribution is 2.25. The molecule has 0 spiro atoms. The SMILES string of the molecule is CC(C)Cn1c(-c2ccoc2)nc2ccccc21. The Balaban J connectivity index is 2.23. The van der Waals surface area contributed by atoms with E-state index in [1.807, 2.05) is 12.1 Å². The van der Waals surface area contributed by atoms with Crippen LogP contribution in [-0.2, 0) is 6.54 Å². The molecular weight excluding hydrogens is 224 g/mol. The molecule has 2 aromatic heterocycles. The van der Waals surface area contributed by atoms with Crippen molar-refractivity contribution in [2.75, 3.05) is 0 Å². The third-order valence-corrected chi connectivity index (χ3v) is 2.98.